The van der Waals surface area contributed by atoms with Gasteiger partial charge in [0.2, 0.25) is 0 Å². The summed E-state index contributed by atoms with van der Waals surface area (Å²) < 4.78 is 0. The van der Waals surface area contributed by atoms with Gasteiger partial charge in [0.15, 0.2) is 0 Å². The fourth-order valence-corrected chi connectivity index (χ4v) is 1.78. The monoisotopic (exact) mass is 236 g/mol. The summed E-state index contributed by atoms with van der Waals surface area (Å²) in [6.45, 7) is 0.497. The van der Waals surface area contributed by atoms with E-state index < -0.39 is 11.0 Å². The summed E-state index contributed by atoms with van der Waals surface area (Å²) in [5.74, 6) is 0. The first-order chi connectivity index (χ1) is 8.16. The number of nitrogens with one attached hydrogen (secondary N) is 1. The van der Waals surface area contributed by atoms with E-state index in [0.29, 0.717) is 24.6 Å². The van der Waals surface area contributed by atoms with E-state index in [1.807, 2.05) is 0 Å². The van der Waals surface area contributed by atoms with Crippen molar-refractivity contribution in [2.45, 2.75) is 31.4 Å². The lowest BCUT2D eigenvalue weighted by Crippen LogP contribution is -2.29. The summed E-state index contributed by atoms with van der Waals surface area (Å²) in [6.07, 6.45) is 2.07. The second-order valence-corrected chi connectivity index (χ2v) is 4.43. The van der Waals surface area contributed by atoms with Crippen molar-refractivity contribution in [2.75, 3.05) is 6.54 Å². The van der Waals surface area contributed by atoms with Crippen LogP contribution in [0.5, 0.6) is 0 Å². The predicted molar refractivity (Wildman–Crippen MR) is 63.8 cm³/mol. The third kappa shape index (κ3) is 3.51. The molecule has 17 heavy (non-hydrogen) atoms. The fourth-order valence-electron chi connectivity index (χ4n) is 1.78. The predicted octanol–water partition coefficient (Wildman–Crippen LogP) is 1.25. The third-order valence-corrected chi connectivity index (χ3v) is 2.86. The van der Waals surface area contributed by atoms with E-state index in [2.05, 4.69) is 5.32 Å². The van der Waals surface area contributed by atoms with Gasteiger partial charge in [0.1, 0.15) is 0 Å². The standard InChI is InChI=1S/C12H16N2O3/c15-11(8-13-10-5-6-10)7-9-3-1-2-4-12(9)14(16)17/h1-4,10-11,13,15H,5-8H2. The molecule has 2 N–H and O–H groups in total. The lowest BCUT2D eigenvalue weighted by atomic mass is 10.1. The first kappa shape index (κ1) is 12.0. The molecule has 1 unspecified atom stereocenters. The Bertz CT molecular complexity index is 404. The average Bonchev–Trinajstić information content (AvgIpc) is 3.10. The van der Waals surface area contributed by atoms with Crippen LogP contribution in [0.25, 0.3) is 0 Å². The largest absolute Gasteiger partial charge is 0.391 e. The van der Waals surface area contributed by atoms with E-state index in [4.69, 9.17) is 0 Å². The van der Waals surface area contributed by atoms with Gasteiger partial charge in [0.25, 0.3) is 5.69 Å². The average molecular weight is 236 g/mol. The summed E-state index contributed by atoms with van der Waals surface area (Å²) in [5, 5.41) is 23.8. The zero-order chi connectivity index (χ0) is 12.3. The van der Waals surface area contributed by atoms with Crippen LogP contribution >= 0.6 is 0 Å². The van der Waals surface area contributed by atoms with Crippen molar-refractivity contribution in [1.29, 1.82) is 0 Å². The second kappa shape index (κ2) is 5.25. The molecule has 0 bridgehead atoms. The van der Waals surface area contributed by atoms with Gasteiger partial charge >= 0.3 is 0 Å². The highest BCUT2D eigenvalue weighted by Gasteiger charge is 2.22. The van der Waals surface area contributed by atoms with Gasteiger partial charge in [-0.15, -0.1) is 0 Å². The Morgan fingerprint density at radius 1 is 1.47 bits per heavy atom. The smallest absolute Gasteiger partial charge is 0.272 e. The van der Waals surface area contributed by atoms with Crippen LogP contribution in [-0.2, 0) is 6.42 Å². The molecule has 92 valence electrons. The molecule has 0 heterocycles. The number of hydrogen-bond acceptors (Lipinski definition) is 4. The van der Waals surface area contributed by atoms with E-state index in [1.165, 1.54) is 6.07 Å². The van der Waals surface area contributed by atoms with Gasteiger partial charge in [-0.3, -0.25) is 10.1 Å². The van der Waals surface area contributed by atoms with E-state index >= 15 is 0 Å². The minimum Gasteiger partial charge on any atom is -0.391 e. The van der Waals surface area contributed by atoms with Crippen LogP contribution in [0.15, 0.2) is 24.3 Å². The topological polar surface area (TPSA) is 75.4 Å². The number of rotatable bonds is 6. The van der Waals surface area contributed by atoms with Crippen molar-refractivity contribution < 1.29 is 10.0 Å². The van der Waals surface area contributed by atoms with Crippen LogP contribution in [-0.4, -0.2) is 28.7 Å². The Morgan fingerprint density at radius 3 is 2.82 bits per heavy atom. The first-order valence-electron chi connectivity index (χ1n) is 5.80. The number of aliphatic hydroxyl groups is 1. The molecule has 1 aromatic rings. The van der Waals surface area contributed by atoms with E-state index in [0.717, 1.165) is 12.8 Å². The minimum absolute atomic E-state index is 0.0815. The van der Waals surface area contributed by atoms with Gasteiger partial charge in [-0.05, 0) is 12.8 Å². The number of nitrogens with zero attached hydrogens (tertiary/aromatic N) is 1. The highest BCUT2D eigenvalue weighted by atomic mass is 16.6. The molecule has 5 heteroatoms. The molecule has 0 amide bonds. The highest BCUT2D eigenvalue weighted by molar-refractivity contribution is 5.40. The van der Waals surface area contributed by atoms with Gasteiger partial charge in [-0.1, -0.05) is 18.2 Å². The summed E-state index contributed by atoms with van der Waals surface area (Å²) in [6, 6.07) is 7.09. The number of para-hydroxylation sites is 1. The summed E-state index contributed by atoms with van der Waals surface area (Å²) >= 11 is 0. The van der Waals surface area contributed by atoms with Crippen LogP contribution in [0.2, 0.25) is 0 Å². The molecule has 1 aromatic carbocycles. The van der Waals surface area contributed by atoms with Crippen LogP contribution in [0.3, 0.4) is 0 Å². The molecule has 0 spiro atoms. The molecule has 2 rings (SSSR count). The minimum atomic E-state index is -0.573. The molecular formula is C12H16N2O3. The summed E-state index contributed by atoms with van der Waals surface area (Å²) in [7, 11) is 0. The molecule has 1 aliphatic rings. The van der Waals surface area contributed by atoms with Crippen molar-refractivity contribution in [1.82, 2.24) is 5.32 Å². The van der Waals surface area contributed by atoms with Crippen LogP contribution in [0.4, 0.5) is 5.69 Å². The molecule has 0 saturated heterocycles. The van der Waals surface area contributed by atoms with Crippen LogP contribution < -0.4 is 5.32 Å². The number of nitro benzene ring substituents is 1. The van der Waals surface area contributed by atoms with Crippen molar-refractivity contribution in [2.24, 2.45) is 0 Å². The lowest BCUT2D eigenvalue weighted by Gasteiger charge is -2.11. The van der Waals surface area contributed by atoms with Crippen molar-refractivity contribution in [3.05, 3.63) is 39.9 Å². The molecule has 0 aromatic heterocycles. The maximum absolute atomic E-state index is 10.8. The first-order valence-corrected chi connectivity index (χ1v) is 5.80. The van der Waals surface area contributed by atoms with Gasteiger partial charge in [0, 0.05) is 30.6 Å². The van der Waals surface area contributed by atoms with Crippen LogP contribution in [0.1, 0.15) is 18.4 Å². The summed E-state index contributed by atoms with van der Waals surface area (Å²) in [5.41, 5.74) is 0.667. The summed E-state index contributed by atoms with van der Waals surface area (Å²) in [4.78, 5) is 10.4. The highest BCUT2D eigenvalue weighted by Crippen LogP contribution is 2.20. The van der Waals surface area contributed by atoms with E-state index in [1.54, 1.807) is 18.2 Å². The van der Waals surface area contributed by atoms with E-state index in [-0.39, 0.29) is 5.69 Å². The third-order valence-electron chi connectivity index (χ3n) is 2.86. The Hall–Kier alpha value is -1.46. The lowest BCUT2D eigenvalue weighted by molar-refractivity contribution is -0.385. The van der Waals surface area contributed by atoms with Gasteiger partial charge in [-0.25, -0.2) is 0 Å². The number of hydrogen-bond donors (Lipinski definition) is 2. The molecule has 1 atom stereocenters. The van der Waals surface area contributed by atoms with Gasteiger partial charge in [0.05, 0.1) is 11.0 Å². The maximum Gasteiger partial charge on any atom is 0.272 e. The molecule has 0 aliphatic heterocycles. The van der Waals surface area contributed by atoms with Crippen LogP contribution in [0, 0.1) is 10.1 Å². The van der Waals surface area contributed by atoms with Crippen molar-refractivity contribution in [3.63, 3.8) is 0 Å². The SMILES string of the molecule is O=[N+]([O-])c1ccccc1CC(O)CNC1CC1. The molecule has 5 nitrogen and oxygen atoms in total. The molecule has 1 aliphatic carbocycles. The molecule has 0 radical (unpaired) electrons. The number of benzene rings is 1. The Balaban J connectivity index is 1.93. The molecule has 1 fully saturated rings. The zero-order valence-electron chi connectivity index (χ0n) is 9.50. The van der Waals surface area contributed by atoms with Gasteiger partial charge in [-0.2, -0.15) is 0 Å². The maximum atomic E-state index is 10.8. The number of nitro groups is 1. The normalized spacial score (nSPS) is 16.8. The number of aliphatic hydroxyl groups excluding tert-OH is 1. The quantitative estimate of drug-likeness (QED) is 0.575. The Kier molecular flexibility index (Phi) is 3.71. The van der Waals surface area contributed by atoms with Crippen molar-refractivity contribution >= 4 is 5.69 Å². The van der Waals surface area contributed by atoms with Crippen molar-refractivity contribution in [3.8, 4) is 0 Å². The molecule has 1 saturated carbocycles. The fraction of sp³-hybridized carbons (Fsp3) is 0.500. The second-order valence-electron chi connectivity index (χ2n) is 4.43. The van der Waals surface area contributed by atoms with Gasteiger partial charge < -0.3 is 10.4 Å². The Labute approximate surface area is 99.6 Å². The molecular weight excluding hydrogens is 220 g/mol. The Morgan fingerprint density at radius 2 is 2.18 bits per heavy atom. The zero-order valence-corrected chi connectivity index (χ0v) is 9.50. The van der Waals surface area contributed by atoms with E-state index in [9.17, 15) is 15.2 Å².